The monoisotopic (exact) mass is 425 g/mol. The Kier molecular flexibility index (Phi) is 4.39. The molecule has 1 fully saturated rings. The molecule has 1 aliphatic carbocycles. The van der Waals surface area contributed by atoms with Crippen molar-refractivity contribution in [3.05, 3.63) is 59.5 Å². The van der Waals surface area contributed by atoms with Crippen molar-refractivity contribution >= 4 is 16.9 Å². The van der Waals surface area contributed by atoms with E-state index in [9.17, 15) is 14.3 Å². The predicted octanol–water partition coefficient (Wildman–Crippen LogP) is 4.24. The van der Waals surface area contributed by atoms with Crippen LogP contribution >= 0.6 is 0 Å². The summed E-state index contributed by atoms with van der Waals surface area (Å²) >= 11 is 0. The van der Waals surface area contributed by atoms with Gasteiger partial charge in [-0.3, -0.25) is 0 Å². The molecule has 0 atom stereocenters. The summed E-state index contributed by atoms with van der Waals surface area (Å²) in [6, 6.07) is 11.7. The number of aromatic hydroxyl groups is 1. The molecule has 0 amide bonds. The van der Waals surface area contributed by atoms with Gasteiger partial charge >= 0.3 is 5.97 Å². The standard InChI is InChI=1S/C24H24FNO5/c1-23(2)13-31-24(10-16(11-24)30-12-19(28)29)21-20-17(4-3-5-18(20)27)26(22(21)23)15-8-6-14(25)7-9-15/h3-9,16,27H,10-13H2,1-2H3,(H,28,29)/t16-,24-. The van der Waals surface area contributed by atoms with Crippen molar-refractivity contribution in [3.63, 3.8) is 0 Å². The molecular weight excluding hydrogens is 401 g/mol. The highest BCUT2D eigenvalue weighted by Gasteiger charge is 2.56. The molecule has 2 heterocycles. The maximum Gasteiger partial charge on any atom is 0.329 e. The SMILES string of the molecule is CC1(C)CO[C@]2(C[C@H](OCC(=O)O)C2)c2c1n(-c1ccc(F)cc1)c1cccc(O)c12. The lowest BCUT2D eigenvalue weighted by Gasteiger charge is -2.52. The molecule has 31 heavy (non-hydrogen) atoms. The van der Waals surface area contributed by atoms with Crippen LogP contribution in [0.15, 0.2) is 42.5 Å². The number of aliphatic carboxylic acids is 1. The molecule has 0 unspecified atom stereocenters. The Morgan fingerprint density at radius 2 is 1.94 bits per heavy atom. The van der Waals surface area contributed by atoms with Gasteiger partial charge in [-0.05, 0) is 36.4 Å². The zero-order valence-corrected chi connectivity index (χ0v) is 17.4. The van der Waals surface area contributed by atoms with Gasteiger partial charge in [0, 0.05) is 40.6 Å². The number of halogens is 1. The lowest BCUT2D eigenvalue weighted by Crippen LogP contribution is -2.54. The van der Waals surface area contributed by atoms with Gasteiger partial charge in [-0.25, -0.2) is 9.18 Å². The van der Waals surface area contributed by atoms with E-state index < -0.39 is 11.6 Å². The zero-order valence-electron chi connectivity index (χ0n) is 17.4. The van der Waals surface area contributed by atoms with Crippen molar-refractivity contribution in [3.8, 4) is 11.4 Å². The molecule has 1 spiro atoms. The molecular formula is C24H24FNO5. The van der Waals surface area contributed by atoms with Gasteiger partial charge in [-0.15, -0.1) is 0 Å². The molecule has 7 heteroatoms. The summed E-state index contributed by atoms with van der Waals surface area (Å²) in [5.74, 6) is -1.16. The topological polar surface area (TPSA) is 80.9 Å². The first kappa shape index (κ1) is 20.0. The number of carboxylic acid groups (broad SMARTS) is 1. The lowest BCUT2D eigenvalue weighted by atomic mass is 9.67. The first-order valence-corrected chi connectivity index (χ1v) is 10.3. The average molecular weight is 425 g/mol. The number of hydrogen-bond donors (Lipinski definition) is 2. The average Bonchev–Trinajstić information content (AvgIpc) is 3.05. The van der Waals surface area contributed by atoms with Gasteiger partial charge in [0.05, 0.1) is 18.2 Å². The van der Waals surface area contributed by atoms with E-state index in [4.69, 9.17) is 14.6 Å². The maximum atomic E-state index is 13.6. The number of fused-ring (bicyclic) bond motifs is 4. The number of hydrogen-bond acceptors (Lipinski definition) is 4. The van der Waals surface area contributed by atoms with E-state index in [1.54, 1.807) is 24.3 Å². The second kappa shape index (κ2) is 6.80. The van der Waals surface area contributed by atoms with Crippen LogP contribution in [0.2, 0.25) is 0 Å². The third-order valence-electron chi connectivity index (χ3n) is 6.42. The molecule has 0 bridgehead atoms. The minimum atomic E-state index is -1.00. The number of nitrogens with zero attached hydrogens (tertiary/aromatic N) is 1. The van der Waals surface area contributed by atoms with Gasteiger partial charge in [-0.1, -0.05) is 19.9 Å². The molecule has 1 aliphatic heterocycles. The highest BCUT2D eigenvalue weighted by atomic mass is 19.1. The fraction of sp³-hybridized carbons (Fsp3) is 0.375. The van der Waals surface area contributed by atoms with Crippen molar-refractivity contribution in [2.45, 2.75) is 43.8 Å². The van der Waals surface area contributed by atoms with Crippen LogP contribution in [0.5, 0.6) is 5.75 Å². The minimum Gasteiger partial charge on any atom is -0.507 e. The molecule has 0 radical (unpaired) electrons. The van der Waals surface area contributed by atoms with E-state index >= 15 is 0 Å². The minimum absolute atomic E-state index is 0.158. The summed E-state index contributed by atoms with van der Waals surface area (Å²) < 4.78 is 27.6. The second-order valence-corrected chi connectivity index (χ2v) is 9.11. The molecule has 162 valence electrons. The Bertz CT molecular complexity index is 1170. The first-order valence-electron chi connectivity index (χ1n) is 10.3. The van der Waals surface area contributed by atoms with Gasteiger partial charge in [-0.2, -0.15) is 0 Å². The summed E-state index contributed by atoms with van der Waals surface area (Å²) in [6.07, 6.45) is 0.806. The Morgan fingerprint density at radius 3 is 2.61 bits per heavy atom. The number of phenols is 1. The van der Waals surface area contributed by atoms with Gasteiger partial charge in [0.2, 0.25) is 0 Å². The van der Waals surface area contributed by atoms with Crippen LogP contribution in [0, 0.1) is 5.82 Å². The van der Waals surface area contributed by atoms with Crippen LogP contribution < -0.4 is 0 Å². The molecule has 3 aromatic rings. The number of ether oxygens (including phenoxy) is 2. The van der Waals surface area contributed by atoms with Crippen molar-refractivity contribution in [1.29, 1.82) is 0 Å². The fourth-order valence-corrected chi connectivity index (χ4v) is 5.03. The fourth-order valence-electron chi connectivity index (χ4n) is 5.03. The first-order chi connectivity index (χ1) is 14.7. The molecule has 0 saturated heterocycles. The van der Waals surface area contributed by atoms with Gasteiger partial charge in [0.25, 0.3) is 0 Å². The van der Waals surface area contributed by atoms with Crippen LogP contribution in [-0.2, 0) is 25.3 Å². The van der Waals surface area contributed by atoms with E-state index in [2.05, 4.69) is 18.4 Å². The highest BCUT2D eigenvalue weighted by Crippen LogP contribution is 2.57. The normalized spacial score (nSPS) is 24.2. The van der Waals surface area contributed by atoms with Gasteiger partial charge < -0.3 is 24.3 Å². The number of rotatable bonds is 4. The van der Waals surface area contributed by atoms with Gasteiger partial charge in [0.1, 0.15) is 23.8 Å². The largest absolute Gasteiger partial charge is 0.507 e. The van der Waals surface area contributed by atoms with Crippen molar-refractivity contribution in [2.24, 2.45) is 0 Å². The summed E-state index contributed by atoms with van der Waals surface area (Å²) in [4.78, 5) is 10.9. The third kappa shape index (κ3) is 3.03. The molecule has 5 rings (SSSR count). The van der Waals surface area contributed by atoms with Crippen LogP contribution in [0.25, 0.3) is 16.6 Å². The number of carboxylic acids is 1. The van der Waals surface area contributed by atoms with Crippen LogP contribution in [0.3, 0.4) is 0 Å². The number of aromatic nitrogens is 1. The molecule has 2 aromatic carbocycles. The van der Waals surface area contributed by atoms with Crippen LogP contribution in [0.4, 0.5) is 4.39 Å². The van der Waals surface area contributed by atoms with E-state index in [0.717, 1.165) is 22.5 Å². The lowest BCUT2D eigenvalue weighted by molar-refractivity contribution is -0.198. The molecule has 1 saturated carbocycles. The Morgan fingerprint density at radius 1 is 1.23 bits per heavy atom. The molecule has 2 aliphatic rings. The van der Waals surface area contributed by atoms with Crippen molar-refractivity contribution in [2.75, 3.05) is 13.2 Å². The summed E-state index contributed by atoms with van der Waals surface area (Å²) in [6.45, 7) is 4.29. The Balaban J connectivity index is 1.72. The molecule has 2 N–H and O–H groups in total. The summed E-state index contributed by atoms with van der Waals surface area (Å²) in [5.41, 5.74) is 2.53. The zero-order chi connectivity index (χ0) is 22.0. The van der Waals surface area contributed by atoms with Crippen molar-refractivity contribution in [1.82, 2.24) is 4.57 Å². The van der Waals surface area contributed by atoms with Crippen molar-refractivity contribution < 1.29 is 28.9 Å². The second-order valence-electron chi connectivity index (χ2n) is 9.11. The maximum absolute atomic E-state index is 13.6. The van der Waals surface area contributed by atoms with Gasteiger partial charge in [0.15, 0.2) is 0 Å². The number of carbonyl (C=O) groups is 1. The smallest absolute Gasteiger partial charge is 0.329 e. The Labute approximate surface area is 178 Å². The highest BCUT2D eigenvalue weighted by molar-refractivity contribution is 5.94. The molecule has 6 nitrogen and oxygen atoms in total. The molecule has 1 aromatic heterocycles. The van der Waals surface area contributed by atoms with E-state index in [-0.39, 0.29) is 29.7 Å². The van der Waals surface area contributed by atoms with Crippen LogP contribution in [-0.4, -0.2) is 40.1 Å². The van der Waals surface area contributed by atoms with Crippen LogP contribution in [0.1, 0.15) is 37.9 Å². The summed E-state index contributed by atoms with van der Waals surface area (Å²) in [5, 5.41) is 20.5. The third-order valence-corrected chi connectivity index (χ3v) is 6.42. The van der Waals surface area contributed by atoms with E-state index in [1.807, 2.05) is 6.07 Å². The predicted molar refractivity (Wildman–Crippen MR) is 112 cm³/mol. The Hall–Kier alpha value is -2.90. The van der Waals surface area contributed by atoms with E-state index in [1.165, 1.54) is 12.1 Å². The van der Waals surface area contributed by atoms with E-state index in [0.29, 0.717) is 24.8 Å². The summed E-state index contributed by atoms with van der Waals surface area (Å²) in [7, 11) is 0. The number of phenolic OH excluding ortho intramolecular Hbond substituents is 1. The quantitative estimate of drug-likeness (QED) is 0.654. The number of benzene rings is 2.